The number of hydrogen-bond donors (Lipinski definition) is 4. The summed E-state index contributed by atoms with van der Waals surface area (Å²) in [4.78, 5) is 20.9. The van der Waals surface area contributed by atoms with E-state index in [9.17, 15) is 9.59 Å². The van der Waals surface area contributed by atoms with E-state index in [1.807, 2.05) is 0 Å². The number of aliphatic carboxylic acids is 2. The van der Waals surface area contributed by atoms with Crippen molar-refractivity contribution in [3.63, 3.8) is 0 Å². The maximum absolute atomic E-state index is 10.5. The molecular weight excluding hydrogens is 403 g/mol. The van der Waals surface area contributed by atoms with E-state index in [0.29, 0.717) is 49.4 Å². The minimum Gasteiger partial charge on any atom is -0.480 e. The Morgan fingerprint density at radius 3 is 1.42 bits per heavy atom. The van der Waals surface area contributed by atoms with Crippen LogP contribution < -0.4 is 11.5 Å². The first-order valence-electron chi connectivity index (χ1n) is 6.73. The van der Waals surface area contributed by atoms with E-state index in [4.69, 9.17) is 31.2 Å². The van der Waals surface area contributed by atoms with E-state index in [2.05, 4.69) is 0 Å². The number of ether oxygens (including phenoxy) is 2. The monoisotopic (exact) mass is 428 g/mol. The van der Waals surface area contributed by atoms with Gasteiger partial charge in [0.1, 0.15) is 12.1 Å². The van der Waals surface area contributed by atoms with E-state index >= 15 is 0 Å². The van der Waals surface area contributed by atoms with E-state index < -0.39 is 24.0 Å². The third-order valence-electron chi connectivity index (χ3n) is 2.35. The smallest absolute Gasteiger partial charge is 0.321 e. The predicted molar refractivity (Wildman–Crippen MR) is 102 cm³/mol. The molecule has 0 aromatic carbocycles. The van der Waals surface area contributed by atoms with Crippen molar-refractivity contribution in [2.24, 2.45) is 11.5 Å². The third kappa shape index (κ3) is 18.4. The standard InChI is InChI=1S/C12H24N2O6S2.2ClH/c13-9(11(15)16)7-21-5-3-19-1-2-20-4-6-22-8-10(14)12(17)18;;/h9-10H,1-8,13-14H2,(H,15,16)(H,17,18);2*1H/t9-,10-;;/m0../s1. The Morgan fingerprint density at radius 1 is 0.792 bits per heavy atom. The van der Waals surface area contributed by atoms with Crippen molar-refractivity contribution in [1.82, 2.24) is 0 Å². The van der Waals surface area contributed by atoms with Crippen LogP contribution in [0.2, 0.25) is 0 Å². The summed E-state index contributed by atoms with van der Waals surface area (Å²) in [6.45, 7) is 1.96. The molecule has 0 rings (SSSR count). The summed E-state index contributed by atoms with van der Waals surface area (Å²) in [7, 11) is 0. The molecule has 24 heavy (non-hydrogen) atoms. The topological polar surface area (TPSA) is 145 Å². The molecule has 8 nitrogen and oxygen atoms in total. The lowest BCUT2D eigenvalue weighted by molar-refractivity contribution is -0.138. The van der Waals surface area contributed by atoms with Crippen LogP contribution in [0, 0.1) is 0 Å². The molecule has 0 aliphatic carbocycles. The molecular formula is C12H26Cl2N2O6S2. The van der Waals surface area contributed by atoms with Gasteiger partial charge in [-0.15, -0.1) is 24.8 Å². The molecule has 0 aromatic rings. The normalized spacial score (nSPS) is 12.6. The quantitative estimate of drug-likeness (QED) is 0.266. The van der Waals surface area contributed by atoms with Crippen LogP contribution in [0.3, 0.4) is 0 Å². The zero-order valence-electron chi connectivity index (χ0n) is 13.1. The lowest BCUT2D eigenvalue weighted by atomic mass is 10.4. The largest absolute Gasteiger partial charge is 0.480 e. The van der Waals surface area contributed by atoms with Crippen molar-refractivity contribution < 1.29 is 29.3 Å². The molecule has 0 heterocycles. The molecule has 0 unspecified atom stereocenters. The lowest BCUT2D eigenvalue weighted by Crippen LogP contribution is -2.32. The summed E-state index contributed by atoms with van der Waals surface area (Å²) in [5, 5.41) is 17.2. The molecule has 0 aromatic heterocycles. The van der Waals surface area contributed by atoms with Crippen LogP contribution in [-0.2, 0) is 19.1 Å². The zero-order valence-corrected chi connectivity index (χ0v) is 16.4. The Balaban J connectivity index is -0.00000220. The van der Waals surface area contributed by atoms with Crippen LogP contribution in [-0.4, -0.2) is 83.7 Å². The summed E-state index contributed by atoms with van der Waals surface area (Å²) in [6.07, 6.45) is 0. The zero-order chi connectivity index (χ0) is 16.8. The van der Waals surface area contributed by atoms with Gasteiger partial charge in [-0.05, 0) is 0 Å². The van der Waals surface area contributed by atoms with Gasteiger partial charge < -0.3 is 31.2 Å². The first kappa shape index (κ1) is 28.8. The average molecular weight is 429 g/mol. The molecule has 0 bridgehead atoms. The van der Waals surface area contributed by atoms with Crippen molar-refractivity contribution in [1.29, 1.82) is 0 Å². The Hall–Kier alpha value is 0.0600. The van der Waals surface area contributed by atoms with Gasteiger partial charge in [0.05, 0.1) is 26.4 Å². The molecule has 2 atom stereocenters. The summed E-state index contributed by atoms with van der Waals surface area (Å²) in [6, 6.07) is -1.67. The Bertz CT molecular complexity index is 302. The molecule has 0 aliphatic heterocycles. The van der Waals surface area contributed by atoms with Crippen LogP contribution in [0.4, 0.5) is 0 Å². The average Bonchev–Trinajstić information content (AvgIpc) is 2.47. The molecule has 0 spiro atoms. The second-order valence-electron chi connectivity index (χ2n) is 4.26. The summed E-state index contributed by atoms with van der Waals surface area (Å²) in [5.74, 6) is 0.108. The number of carboxylic acids is 2. The second kappa shape index (κ2) is 19.4. The van der Waals surface area contributed by atoms with E-state index in [1.165, 1.54) is 23.5 Å². The molecule has 146 valence electrons. The van der Waals surface area contributed by atoms with Crippen molar-refractivity contribution in [2.45, 2.75) is 12.1 Å². The number of thioether (sulfide) groups is 2. The number of rotatable bonds is 15. The highest BCUT2D eigenvalue weighted by molar-refractivity contribution is 7.99. The highest BCUT2D eigenvalue weighted by Gasteiger charge is 2.11. The van der Waals surface area contributed by atoms with Gasteiger partial charge in [-0.1, -0.05) is 0 Å². The number of halogens is 2. The summed E-state index contributed by atoms with van der Waals surface area (Å²) >= 11 is 2.87. The molecule has 0 aliphatic rings. The Morgan fingerprint density at radius 2 is 1.12 bits per heavy atom. The molecule has 0 radical (unpaired) electrons. The third-order valence-corrected chi connectivity index (χ3v) is 4.45. The van der Waals surface area contributed by atoms with Crippen molar-refractivity contribution >= 4 is 60.3 Å². The van der Waals surface area contributed by atoms with Gasteiger partial charge in [0.25, 0.3) is 0 Å². The first-order valence-corrected chi connectivity index (χ1v) is 9.03. The highest BCUT2D eigenvalue weighted by atomic mass is 35.5. The van der Waals surface area contributed by atoms with Gasteiger partial charge in [0.15, 0.2) is 0 Å². The highest BCUT2D eigenvalue weighted by Crippen LogP contribution is 2.02. The van der Waals surface area contributed by atoms with Crippen LogP contribution >= 0.6 is 48.3 Å². The minimum absolute atomic E-state index is 0. The first-order chi connectivity index (χ1) is 10.4. The Kier molecular flexibility index (Phi) is 23.3. The van der Waals surface area contributed by atoms with E-state index in [1.54, 1.807) is 0 Å². The molecule has 0 saturated heterocycles. The number of nitrogens with two attached hydrogens (primary N) is 2. The molecule has 12 heteroatoms. The molecule has 0 amide bonds. The number of carbonyl (C=O) groups is 2. The maximum atomic E-state index is 10.5. The summed E-state index contributed by atoms with van der Waals surface area (Å²) < 4.78 is 10.6. The van der Waals surface area contributed by atoms with Gasteiger partial charge in [0.2, 0.25) is 0 Å². The van der Waals surface area contributed by atoms with Gasteiger partial charge >= 0.3 is 11.9 Å². The van der Waals surface area contributed by atoms with Crippen LogP contribution in [0.1, 0.15) is 0 Å². The van der Waals surface area contributed by atoms with Gasteiger partial charge in [-0.2, -0.15) is 23.5 Å². The van der Waals surface area contributed by atoms with Crippen molar-refractivity contribution in [3.8, 4) is 0 Å². The minimum atomic E-state index is -0.996. The van der Waals surface area contributed by atoms with Crippen LogP contribution in [0.25, 0.3) is 0 Å². The fourth-order valence-corrected chi connectivity index (χ4v) is 2.72. The molecule has 0 saturated carbocycles. The fraction of sp³-hybridized carbons (Fsp3) is 0.833. The lowest BCUT2D eigenvalue weighted by Gasteiger charge is -2.08. The molecule has 0 fully saturated rings. The van der Waals surface area contributed by atoms with Gasteiger partial charge in [-0.3, -0.25) is 9.59 Å². The van der Waals surface area contributed by atoms with Crippen molar-refractivity contribution in [2.75, 3.05) is 49.4 Å². The van der Waals surface area contributed by atoms with Gasteiger partial charge in [-0.25, -0.2) is 0 Å². The van der Waals surface area contributed by atoms with Gasteiger partial charge in [0, 0.05) is 23.0 Å². The number of hydrogen-bond acceptors (Lipinski definition) is 8. The SMILES string of the molecule is Cl.Cl.N[C@@H](CSCCOCCOCCSC[C@H](N)C(=O)O)C(=O)O. The predicted octanol–water partition coefficient (Wildman–Crippen LogP) is 0.153. The van der Waals surface area contributed by atoms with Crippen molar-refractivity contribution in [3.05, 3.63) is 0 Å². The summed E-state index contributed by atoms with van der Waals surface area (Å²) in [5.41, 5.74) is 10.7. The fourth-order valence-electron chi connectivity index (χ4n) is 1.12. The maximum Gasteiger partial charge on any atom is 0.321 e. The second-order valence-corrected chi connectivity index (χ2v) is 6.56. The Labute approximate surface area is 162 Å². The van der Waals surface area contributed by atoms with E-state index in [-0.39, 0.29) is 24.8 Å². The van der Waals surface area contributed by atoms with Crippen LogP contribution in [0.5, 0.6) is 0 Å². The van der Waals surface area contributed by atoms with E-state index in [0.717, 1.165) is 0 Å². The number of carboxylic acid groups (broad SMARTS) is 2. The van der Waals surface area contributed by atoms with Crippen LogP contribution in [0.15, 0.2) is 0 Å². The molecule has 6 N–H and O–H groups in total.